The number of hydrogen-bond acceptors (Lipinski definition) is 4. The van der Waals surface area contributed by atoms with Crippen molar-refractivity contribution in [1.29, 1.82) is 0 Å². The van der Waals surface area contributed by atoms with Crippen LogP contribution in [0.25, 0.3) is 0 Å². The lowest BCUT2D eigenvalue weighted by molar-refractivity contribution is 0.0450. The van der Waals surface area contributed by atoms with Crippen molar-refractivity contribution < 1.29 is 5.11 Å². The van der Waals surface area contributed by atoms with Crippen LogP contribution in [0.3, 0.4) is 0 Å². The SMILES string of the molecule is CCCCCCCCCCCC/C(CC[C@H](O)[C@H](C)N(Cc1ccccc1)Cc1ccccc1)=N\N(C)C. The van der Waals surface area contributed by atoms with Gasteiger partial charge in [-0.25, -0.2) is 0 Å². The third kappa shape index (κ3) is 14.1. The second-order valence-electron chi connectivity index (χ2n) is 11.2. The molecule has 212 valence electrons. The van der Waals surface area contributed by atoms with E-state index in [2.05, 4.69) is 79.4 Å². The van der Waals surface area contributed by atoms with Gasteiger partial charge in [0, 0.05) is 38.9 Å². The predicted octanol–water partition coefficient (Wildman–Crippen LogP) is 8.45. The van der Waals surface area contributed by atoms with Crippen molar-refractivity contribution in [1.82, 2.24) is 9.91 Å². The Labute approximate surface area is 234 Å². The summed E-state index contributed by atoms with van der Waals surface area (Å²) in [6.45, 7) is 6.10. The normalized spacial score (nSPS) is 13.6. The van der Waals surface area contributed by atoms with Crippen molar-refractivity contribution in [3.05, 3.63) is 71.8 Å². The van der Waals surface area contributed by atoms with Crippen LogP contribution in [-0.2, 0) is 13.1 Å². The Morgan fingerprint density at radius 1 is 0.711 bits per heavy atom. The van der Waals surface area contributed by atoms with Crippen molar-refractivity contribution in [2.24, 2.45) is 5.10 Å². The number of benzene rings is 2. The summed E-state index contributed by atoms with van der Waals surface area (Å²) in [6, 6.07) is 21.2. The van der Waals surface area contributed by atoms with Crippen LogP contribution in [0.2, 0.25) is 0 Å². The van der Waals surface area contributed by atoms with Gasteiger partial charge < -0.3 is 10.1 Å². The van der Waals surface area contributed by atoms with Crippen LogP contribution in [0.5, 0.6) is 0 Å². The molecule has 0 spiro atoms. The summed E-state index contributed by atoms with van der Waals surface area (Å²) in [5.41, 5.74) is 3.77. The number of nitrogens with zero attached hydrogens (tertiary/aromatic N) is 3. The van der Waals surface area contributed by atoms with Crippen molar-refractivity contribution in [3.63, 3.8) is 0 Å². The number of hydrogen-bond donors (Lipinski definition) is 1. The van der Waals surface area contributed by atoms with Crippen molar-refractivity contribution in [2.75, 3.05) is 14.1 Å². The van der Waals surface area contributed by atoms with Crippen molar-refractivity contribution >= 4 is 5.71 Å². The van der Waals surface area contributed by atoms with Gasteiger partial charge in [0.2, 0.25) is 0 Å². The molecule has 4 nitrogen and oxygen atoms in total. The minimum Gasteiger partial charge on any atom is -0.391 e. The molecule has 2 aromatic carbocycles. The van der Waals surface area contributed by atoms with Gasteiger partial charge in [-0.2, -0.15) is 5.10 Å². The van der Waals surface area contributed by atoms with E-state index in [4.69, 9.17) is 5.10 Å². The number of aliphatic hydroxyl groups excluding tert-OH is 1. The zero-order chi connectivity index (χ0) is 27.4. The van der Waals surface area contributed by atoms with Gasteiger partial charge in [-0.05, 0) is 43.7 Å². The lowest BCUT2D eigenvalue weighted by atomic mass is 9.99. The zero-order valence-corrected chi connectivity index (χ0v) is 24.8. The molecule has 0 saturated carbocycles. The lowest BCUT2D eigenvalue weighted by Crippen LogP contribution is -2.41. The molecule has 0 heterocycles. The molecule has 1 N–H and O–H groups in total. The van der Waals surface area contributed by atoms with E-state index in [1.807, 2.05) is 19.1 Å². The number of unbranched alkanes of at least 4 members (excludes halogenated alkanes) is 9. The Balaban J connectivity index is 1.83. The van der Waals surface area contributed by atoms with Crippen LogP contribution >= 0.6 is 0 Å². The van der Waals surface area contributed by atoms with E-state index in [0.717, 1.165) is 32.4 Å². The van der Waals surface area contributed by atoms with E-state index >= 15 is 0 Å². The fourth-order valence-electron chi connectivity index (χ4n) is 5.10. The first-order valence-electron chi connectivity index (χ1n) is 15.2. The van der Waals surface area contributed by atoms with Gasteiger partial charge in [0.15, 0.2) is 0 Å². The minimum absolute atomic E-state index is 0.0494. The fourth-order valence-corrected chi connectivity index (χ4v) is 5.10. The molecule has 0 amide bonds. The number of rotatable bonds is 21. The molecule has 0 aromatic heterocycles. The maximum atomic E-state index is 11.3. The Kier molecular flexibility index (Phi) is 16.7. The van der Waals surface area contributed by atoms with E-state index in [-0.39, 0.29) is 6.04 Å². The molecule has 0 fully saturated rings. The van der Waals surface area contributed by atoms with Crippen molar-refractivity contribution in [2.45, 2.75) is 123 Å². The summed E-state index contributed by atoms with van der Waals surface area (Å²) in [4.78, 5) is 2.40. The largest absolute Gasteiger partial charge is 0.391 e. The third-order valence-corrected chi connectivity index (χ3v) is 7.48. The zero-order valence-electron chi connectivity index (χ0n) is 24.8. The summed E-state index contributed by atoms with van der Waals surface area (Å²) in [6.07, 6.45) is 15.7. The summed E-state index contributed by atoms with van der Waals surface area (Å²) in [5, 5.41) is 18.0. The van der Waals surface area contributed by atoms with Crippen LogP contribution in [0, 0.1) is 0 Å². The standard InChI is InChI=1S/C34H55N3O/c1-5-6-7-8-9-10-11-12-13-20-25-33(35-36(3)4)26-27-34(38)30(2)37(28-31-21-16-14-17-22-31)29-32-23-18-15-19-24-32/h14-19,21-24,30,34,38H,5-13,20,25-29H2,1-4H3/b35-33+/t30-,34-/m0/s1. The number of aliphatic hydroxyl groups is 1. The van der Waals surface area contributed by atoms with Crippen LogP contribution in [0.4, 0.5) is 0 Å². The summed E-state index contributed by atoms with van der Waals surface area (Å²) < 4.78 is 0. The van der Waals surface area contributed by atoms with Crippen LogP contribution < -0.4 is 0 Å². The topological polar surface area (TPSA) is 39.1 Å². The average Bonchev–Trinajstić information content (AvgIpc) is 2.92. The predicted molar refractivity (Wildman–Crippen MR) is 164 cm³/mol. The monoisotopic (exact) mass is 521 g/mol. The first-order valence-corrected chi connectivity index (χ1v) is 15.2. The minimum atomic E-state index is -0.400. The second kappa shape index (κ2) is 19.8. The van der Waals surface area contributed by atoms with E-state index < -0.39 is 6.10 Å². The van der Waals surface area contributed by atoms with Crippen molar-refractivity contribution in [3.8, 4) is 0 Å². The highest BCUT2D eigenvalue weighted by atomic mass is 16.3. The van der Waals surface area contributed by atoms with E-state index in [1.54, 1.807) is 0 Å². The molecular formula is C34H55N3O. The van der Waals surface area contributed by atoms with Crippen LogP contribution in [0.15, 0.2) is 65.8 Å². The Hall–Kier alpha value is -2.17. The van der Waals surface area contributed by atoms with Crippen LogP contribution in [-0.4, -0.2) is 47.0 Å². The molecule has 2 aromatic rings. The number of hydrazone groups is 1. The van der Waals surface area contributed by atoms with Gasteiger partial charge in [0.25, 0.3) is 0 Å². The van der Waals surface area contributed by atoms with Gasteiger partial charge in [-0.3, -0.25) is 4.90 Å². The summed E-state index contributed by atoms with van der Waals surface area (Å²) >= 11 is 0. The molecule has 0 aliphatic rings. The highest BCUT2D eigenvalue weighted by Gasteiger charge is 2.23. The molecule has 0 bridgehead atoms. The first-order chi connectivity index (χ1) is 18.5. The highest BCUT2D eigenvalue weighted by molar-refractivity contribution is 5.84. The molecule has 4 heteroatoms. The van der Waals surface area contributed by atoms with Gasteiger partial charge >= 0.3 is 0 Å². The van der Waals surface area contributed by atoms with Gasteiger partial charge in [-0.1, -0.05) is 125 Å². The fraction of sp³-hybridized carbons (Fsp3) is 0.618. The molecule has 0 saturated heterocycles. The molecule has 2 rings (SSSR count). The summed E-state index contributed by atoms with van der Waals surface area (Å²) in [5.74, 6) is 0. The Morgan fingerprint density at radius 3 is 1.66 bits per heavy atom. The molecule has 0 unspecified atom stereocenters. The van der Waals surface area contributed by atoms with Gasteiger partial charge in [0.05, 0.1) is 6.10 Å². The molecule has 0 aliphatic carbocycles. The van der Waals surface area contributed by atoms with Gasteiger partial charge in [0.1, 0.15) is 0 Å². The van der Waals surface area contributed by atoms with E-state index in [9.17, 15) is 5.11 Å². The maximum absolute atomic E-state index is 11.3. The molecule has 2 atom stereocenters. The van der Waals surface area contributed by atoms with Gasteiger partial charge in [-0.15, -0.1) is 0 Å². The quantitative estimate of drug-likeness (QED) is 0.102. The van der Waals surface area contributed by atoms with E-state index in [1.165, 1.54) is 81.0 Å². The van der Waals surface area contributed by atoms with Crippen LogP contribution in [0.1, 0.15) is 108 Å². The first kappa shape index (κ1) is 32.0. The molecule has 38 heavy (non-hydrogen) atoms. The smallest absolute Gasteiger partial charge is 0.0696 e. The lowest BCUT2D eigenvalue weighted by Gasteiger charge is -2.33. The maximum Gasteiger partial charge on any atom is 0.0696 e. The molecule has 0 radical (unpaired) electrons. The Morgan fingerprint density at radius 2 is 1.18 bits per heavy atom. The Bertz CT molecular complexity index is 811. The average molecular weight is 522 g/mol. The van der Waals surface area contributed by atoms with E-state index in [0.29, 0.717) is 0 Å². The highest BCUT2D eigenvalue weighted by Crippen LogP contribution is 2.19. The second-order valence-corrected chi connectivity index (χ2v) is 11.2. The molecular weight excluding hydrogens is 466 g/mol. The molecule has 0 aliphatic heterocycles. The summed E-state index contributed by atoms with van der Waals surface area (Å²) in [7, 11) is 4.00. The third-order valence-electron chi connectivity index (χ3n) is 7.48.